The fourth-order valence-electron chi connectivity index (χ4n) is 3.18. The first-order valence-corrected chi connectivity index (χ1v) is 9.27. The van der Waals surface area contributed by atoms with Crippen LogP contribution in [0.3, 0.4) is 0 Å². The molecule has 0 amide bonds. The van der Waals surface area contributed by atoms with Crippen molar-refractivity contribution in [2.75, 3.05) is 11.9 Å². The molecule has 2 aromatic rings. The third-order valence-corrected chi connectivity index (χ3v) is 4.89. The Morgan fingerprint density at radius 3 is 2.59 bits per heavy atom. The molecule has 0 bridgehead atoms. The van der Waals surface area contributed by atoms with E-state index in [2.05, 4.69) is 22.2 Å². The second kappa shape index (κ2) is 8.41. The van der Waals surface area contributed by atoms with E-state index in [9.17, 15) is 13.6 Å². The molecule has 1 fully saturated rings. The van der Waals surface area contributed by atoms with Crippen LogP contribution in [0.2, 0.25) is 0 Å². The Labute approximate surface area is 157 Å². The van der Waals surface area contributed by atoms with Gasteiger partial charge in [0.15, 0.2) is 11.6 Å². The van der Waals surface area contributed by atoms with Gasteiger partial charge in [-0.3, -0.25) is 0 Å². The molecule has 1 aromatic heterocycles. The molecule has 0 unspecified atom stereocenters. The topological polar surface area (TPSA) is 64.1 Å². The predicted octanol–water partition coefficient (Wildman–Crippen LogP) is 4.59. The number of hydrogen-bond donors (Lipinski definition) is 1. The number of carbonyl (C=O) groups excluding carboxylic acids is 1. The van der Waals surface area contributed by atoms with E-state index in [4.69, 9.17) is 4.74 Å². The van der Waals surface area contributed by atoms with Crippen molar-refractivity contribution in [2.24, 2.45) is 0 Å². The lowest BCUT2D eigenvalue weighted by Crippen LogP contribution is -2.43. The molecule has 5 nitrogen and oxygen atoms in total. The molecule has 0 atom stereocenters. The summed E-state index contributed by atoms with van der Waals surface area (Å²) in [4.78, 5) is 20.3. The number of benzene rings is 1. The summed E-state index contributed by atoms with van der Waals surface area (Å²) in [5.74, 6) is -1.92. The van der Waals surface area contributed by atoms with Crippen LogP contribution in [-0.2, 0) is 10.3 Å². The Morgan fingerprint density at radius 1 is 1.22 bits per heavy atom. The van der Waals surface area contributed by atoms with Crippen molar-refractivity contribution in [2.45, 2.75) is 51.0 Å². The maximum absolute atomic E-state index is 14.2. The van der Waals surface area contributed by atoms with Crippen LogP contribution in [0.5, 0.6) is 0 Å². The van der Waals surface area contributed by atoms with E-state index in [-0.39, 0.29) is 17.1 Å². The minimum absolute atomic E-state index is 0.261. The van der Waals surface area contributed by atoms with Crippen LogP contribution in [0, 0.1) is 11.6 Å². The zero-order valence-corrected chi connectivity index (χ0v) is 15.3. The summed E-state index contributed by atoms with van der Waals surface area (Å²) in [6, 6.07) is 4.17. The number of halogens is 2. The number of unbranched alkanes of at least 4 members (excludes halogenated alkanes) is 2. The van der Waals surface area contributed by atoms with Crippen molar-refractivity contribution in [3.8, 4) is 0 Å². The number of nitrogens with zero attached hydrogens (tertiary/aromatic N) is 2. The Morgan fingerprint density at radius 2 is 1.96 bits per heavy atom. The average molecular weight is 375 g/mol. The number of nitrogens with one attached hydrogen (secondary N) is 1. The van der Waals surface area contributed by atoms with E-state index in [0.29, 0.717) is 19.4 Å². The van der Waals surface area contributed by atoms with Crippen molar-refractivity contribution < 1.29 is 18.3 Å². The van der Waals surface area contributed by atoms with Crippen molar-refractivity contribution in [1.82, 2.24) is 9.97 Å². The number of aromatic nitrogens is 2. The van der Waals surface area contributed by atoms with Crippen LogP contribution in [-0.4, -0.2) is 22.5 Å². The third kappa shape index (κ3) is 4.23. The molecule has 1 saturated carbocycles. The summed E-state index contributed by atoms with van der Waals surface area (Å²) in [5.41, 5.74) is -0.192. The fourth-order valence-corrected chi connectivity index (χ4v) is 3.18. The summed E-state index contributed by atoms with van der Waals surface area (Å²) in [7, 11) is 0. The van der Waals surface area contributed by atoms with Gasteiger partial charge in [0.05, 0.1) is 17.7 Å². The van der Waals surface area contributed by atoms with Gasteiger partial charge in [0.25, 0.3) is 0 Å². The molecule has 7 heteroatoms. The van der Waals surface area contributed by atoms with Crippen LogP contribution in [0.1, 0.15) is 61.4 Å². The first-order chi connectivity index (χ1) is 13.1. The lowest BCUT2D eigenvalue weighted by molar-refractivity contribution is 0.0497. The Bertz CT molecular complexity index is 792. The second-order valence-corrected chi connectivity index (χ2v) is 6.80. The molecule has 1 N–H and O–H groups in total. The number of ether oxygens (including phenoxy) is 1. The highest BCUT2D eigenvalue weighted by atomic mass is 19.2. The molecule has 0 spiro atoms. The molecule has 1 heterocycles. The molecular weight excluding hydrogens is 352 g/mol. The summed E-state index contributed by atoms with van der Waals surface area (Å²) < 4.78 is 33.0. The SMILES string of the molecule is CCCCCOC(=O)c1cnc(NC2(c3cccc(F)c3F)CCC2)nc1. The second-order valence-electron chi connectivity index (χ2n) is 6.80. The largest absolute Gasteiger partial charge is 0.462 e. The van der Waals surface area contributed by atoms with E-state index in [0.717, 1.165) is 31.7 Å². The van der Waals surface area contributed by atoms with Crippen LogP contribution in [0.25, 0.3) is 0 Å². The quantitative estimate of drug-likeness (QED) is 0.540. The number of hydrogen-bond acceptors (Lipinski definition) is 5. The summed E-state index contributed by atoms with van der Waals surface area (Å²) in [6.45, 7) is 2.45. The number of carbonyl (C=O) groups is 1. The highest BCUT2D eigenvalue weighted by Gasteiger charge is 2.41. The molecule has 1 aliphatic carbocycles. The standard InChI is InChI=1S/C20H23F2N3O2/c1-2-3-4-11-27-18(26)14-12-23-19(24-13-14)25-20(9-6-10-20)15-7-5-8-16(21)17(15)22/h5,7-8,12-13H,2-4,6,9-11H2,1H3,(H,23,24,25). The zero-order chi connectivity index (χ0) is 19.3. The minimum Gasteiger partial charge on any atom is -0.462 e. The molecule has 0 aliphatic heterocycles. The van der Waals surface area contributed by atoms with E-state index in [1.165, 1.54) is 18.5 Å². The number of anilines is 1. The van der Waals surface area contributed by atoms with Gasteiger partial charge in [-0.1, -0.05) is 31.9 Å². The van der Waals surface area contributed by atoms with Crippen molar-refractivity contribution in [1.29, 1.82) is 0 Å². The molecule has 3 rings (SSSR count). The summed E-state index contributed by atoms with van der Waals surface area (Å²) in [5, 5.41) is 3.12. The van der Waals surface area contributed by atoms with Gasteiger partial charge in [-0.15, -0.1) is 0 Å². The van der Waals surface area contributed by atoms with E-state index in [1.54, 1.807) is 6.07 Å². The average Bonchev–Trinajstić information content (AvgIpc) is 2.65. The highest BCUT2D eigenvalue weighted by molar-refractivity contribution is 5.88. The molecule has 1 aliphatic rings. The third-order valence-electron chi connectivity index (χ3n) is 4.89. The van der Waals surface area contributed by atoms with E-state index in [1.807, 2.05) is 0 Å². The van der Waals surface area contributed by atoms with Gasteiger partial charge in [-0.25, -0.2) is 23.5 Å². The van der Waals surface area contributed by atoms with Gasteiger partial charge >= 0.3 is 5.97 Å². The Balaban J connectivity index is 1.68. The maximum atomic E-state index is 14.2. The van der Waals surface area contributed by atoms with Crippen molar-refractivity contribution >= 4 is 11.9 Å². The van der Waals surface area contributed by atoms with Gasteiger partial charge in [0.1, 0.15) is 0 Å². The van der Waals surface area contributed by atoms with Crippen LogP contribution in [0.15, 0.2) is 30.6 Å². The number of esters is 1. The van der Waals surface area contributed by atoms with Crippen LogP contribution < -0.4 is 5.32 Å². The molecule has 144 valence electrons. The smallest absolute Gasteiger partial charge is 0.341 e. The molecule has 27 heavy (non-hydrogen) atoms. The molecule has 0 radical (unpaired) electrons. The summed E-state index contributed by atoms with van der Waals surface area (Å²) in [6.07, 6.45) is 7.84. The Hall–Kier alpha value is -2.57. The lowest BCUT2D eigenvalue weighted by Gasteiger charge is -2.43. The van der Waals surface area contributed by atoms with E-state index < -0.39 is 23.1 Å². The maximum Gasteiger partial charge on any atom is 0.341 e. The predicted molar refractivity (Wildman–Crippen MR) is 97.3 cm³/mol. The van der Waals surface area contributed by atoms with Crippen molar-refractivity contribution in [3.63, 3.8) is 0 Å². The highest BCUT2D eigenvalue weighted by Crippen LogP contribution is 2.44. The Kier molecular flexibility index (Phi) is 5.98. The van der Waals surface area contributed by atoms with Gasteiger partial charge in [-0.2, -0.15) is 0 Å². The number of rotatable bonds is 8. The van der Waals surface area contributed by atoms with Crippen molar-refractivity contribution in [3.05, 3.63) is 53.4 Å². The minimum atomic E-state index is -0.873. The van der Waals surface area contributed by atoms with Gasteiger partial charge in [0, 0.05) is 18.0 Å². The van der Waals surface area contributed by atoms with Gasteiger partial charge < -0.3 is 10.1 Å². The first-order valence-electron chi connectivity index (χ1n) is 9.27. The first kappa shape index (κ1) is 19.2. The van der Waals surface area contributed by atoms with E-state index >= 15 is 0 Å². The molecular formula is C20H23F2N3O2. The van der Waals surface area contributed by atoms with Gasteiger partial charge in [-0.05, 0) is 31.7 Å². The van der Waals surface area contributed by atoms with Gasteiger partial charge in [0.2, 0.25) is 5.95 Å². The molecule has 1 aromatic carbocycles. The van der Waals surface area contributed by atoms with Crippen LogP contribution in [0.4, 0.5) is 14.7 Å². The van der Waals surface area contributed by atoms with Crippen LogP contribution >= 0.6 is 0 Å². The normalized spacial score (nSPS) is 15.1. The monoisotopic (exact) mass is 375 g/mol. The zero-order valence-electron chi connectivity index (χ0n) is 15.3. The lowest BCUT2D eigenvalue weighted by atomic mass is 9.71. The molecule has 0 saturated heterocycles. The fraction of sp³-hybridized carbons (Fsp3) is 0.450. The summed E-state index contributed by atoms with van der Waals surface area (Å²) >= 11 is 0.